The van der Waals surface area contributed by atoms with Crippen LogP contribution in [0.15, 0.2) is 24.3 Å². The van der Waals surface area contributed by atoms with E-state index in [0.717, 1.165) is 0 Å². The highest BCUT2D eigenvalue weighted by Gasteiger charge is 2.20. The monoisotopic (exact) mass is 223 g/mol. The van der Waals surface area contributed by atoms with Crippen LogP contribution < -0.4 is 0 Å². The van der Waals surface area contributed by atoms with Gasteiger partial charge in [0.15, 0.2) is 0 Å². The zero-order valence-corrected chi connectivity index (χ0v) is 11.0. The van der Waals surface area contributed by atoms with Gasteiger partial charge in [0.05, 0.1) is 19.6 Å². The minimum atomic E-state index is 0. The van der Waals surface area contributed by atoms with Crippen molar-refractivity contribution in [2.24, 2.45) is 0 Å². The van der Waals surface area contributed by atoms with Gasteiger partial charge in [0, 0.05) is 5.56 Å². The highest BCUT2D eigenvalue weighted by molar-refractivity contribution is 5.20. The summed E-state index contributed by atoms with van der Waals surface area (Å²) in [7, 11) is 0. The van der Waals surface area contributed by atoms with Crippen molar-refractivity contribution in [3.63, 3.8) is 0 Å². The molecule has 2 heteroatoms. The second-order valence-electron chi connectivity index (χ2n) is 4.43. The molecule has 0 aromatic heterocycles. The van der Waals surface area contributed by atoms with Gasteiger partial charge < -0.3 is 9.96 Å². The van der Waals surface area contributed by atoms with E-state index in [0.29, 0.717) is 0 Å². The lowest BCUT2D eigenvalue weighted by molar-refractivity contribution is -0.936. The van der Waals surface area contributed by atoms with Gasteiger partial charge in [0.1, 0.15) is 6.54 Å². The number of quaternary nitrogens is 1. The first kappa shape index (κ1) is 15.1. The van der Waals surface area contributed by atoms with Crippen LogP contribution in [-0.2, 0) is 6.54 Å². The molecule has 0 atom stereocenters. The lowest BCUT2D eigenvalue weighted by atomic mass is 10.1. The summed E-state index contributed by atoms with van der Waals surface area (Å²) in [6.45, 7) is 13.9. The third-order valence-electron chi connectivity index (χ3n) is 3.65. The van der Waals surface area contributed by atoms with Crippen LogP contribution in [0.25, 0.3) is 0 Å². The normalized spacial score (nSPS) is 11.0. The summed E-state index contributed by atoms with van der Waals surface area (Å²) in [4.78, 5) is 0. The second-order valence-corrected chi connectivity index (χ2v) is 4.43. The molecule has 0 bridgehead atoms. The first-order valence-electron chi connectivity index (χ1n) is 6.06. The quantitative estimate of drug-likeness (QED) is 0.705. The number of nitrogens with zero attached hydrogens (tertiary/aromatic N) is 1. The van der Waals surface area contributed by atoms with Crippen molar-refractivity contribution in [2.75, 3.05) is 19.6 Å². The molecule has 1 N–H and O–H groups in total. The van der Waals surface area contributed by atoms with Gasteiger partial charge in [-0.15, -0.1) is 0 Å². The molecule has 0 saturated carbocycles. The summed E-state index contributed by atoms with van der Waals surface area (Å²) >= 11 is 0. The van der Waals surface area contributed by atoms with E-state index in [1.165, 1.54) is 41.8 Å². The van der Waals surface area contributed by atoms with Gasteiger partial charge >= 0.3 is 0 Å². The summed E-state index contributed by atoms with van der Waals surface area (Å²) in [6.07, 6.45) is 0. The van der Waals surface area contributed by atoms with Gasteiger partial charge in [0.25, 0.3) is 0 Å². The van der Waals surface area contributed by atoms with E-state index in [-0.39, 0.29) is 5.48 Å². The van der Waals surface area contributed by atoms with Crippen LogP contribution in [0, 0.1) is 6.92 Å². The van der Waals surface area contributed by atoms with Crippen molar-refractivity contribution in [3.8, 4) is 0 Å². The molecule has 0 fully saturated rings. The van der Waals surface area contributed by atoms with E-state index in [9.17, 15) is 0 Å². The Kier molecular flexibility index (Phi) is 6.31. The average molecular weight is 223 g/mol. The van der Waals surface area contributed by atoms with Crippen LogP contribution in [-0.4, -0.2) is 29.6 Å². The third kappa shape index (κ3) is 3.62. The molecule has 0 unspecified atom stereocenters. The van der Waals surface area contributed by atoms with Gasteiger partial charge in [-0.05, 0) is 27.7 Å². The predicted octanol–water partition coefficient (Wildman–Crippen LogP) is 3.19. The molecule has 0 aliphatic rings. The Bertz CT molecular complexity index is 280. The van der Waals surface area contributed by atoms with E-state index in [1.54, 1.807) is 0 Å². The van der Waals surface area contributed by atoms with Crippen molar-refractivity contribution in [1.82, 2.24) is 0 Å². The highest BCUT2D eigenvalue weighted by atomic mass is 16.0. The van der Waals surface area contributed by atoms with Crippen LogP contribution in [0.2, 0.25) is 0 Å². The van der Waals surface area contributed by atoms with E-state index in [2.05, 4.69) is 52.0 Å². The van der Waals surface area contributed by atoms with Gasteiger partial charge in [-0.25, -0.2) is 0 Å². The summed E-state index contributed by atoms with van der Waals surface area (Å²) < 4.78 is 1.20. The number of hydrogen-bond acceptors (Lipinski definition) is 1. The molecule has 0 amide bonds. The average Bonchev–Trinajstić information content (AvgIpc) is 2.29. The maximum Gasteiger partial charge on any atom is 0.104 e. The lowest BCUT2D eigenvalue weighted by Gasteiger charge is -2.35. The maximum atomic E-state index is 2.29. The molecule has 92 valence electrons. The molecule has 0 spiro atoms. The fourth-order valence-electron chi connectivity index (χ4n) is 2.09. The molecule has 1 aromatic rings. The van der Waals surface area contributed by atoms with Crippen LogP contribution in [0.3, 0.4) is 0 Å². The van der Waals surface area contributed by atoms with Gasteiger partial charge in [-0.3, -0.25) is 0 Å². The molecule has 16 heavy (non-hydrogen) atoms. The first-order chi connectivity index (χ1) is 7.15. The van der Waals surface area contributed by atoms with Crippen LogP contribution >= 0.6 is 0 Å². The highest BCUT2D eigenvalue weighted by Crippen LogP contribution is 2.14. The van der Waals surface area contributed by atoms with Crippen LogP contribution in [0.1, 0.15) is 31.9 Å². The van der Waals surface area contributed by atoms with Gasteiger partial charge in [-0.2, -0.15) is 0 Å². The van der Waals surface area contributed by atoms with Crippen LogP contribution in [0.5, 0.6) is 0 Å². The number of aryl methyl sites for hydroxylation is 1. The van der Waals surface area contributed by atoms with E-state index in [1.807, 2.05) is 0 Å². The number of hydrogen-bond donors (Lipinski definition) is 0. The largest absolute Gasteiger partial charge is 0.870 e. The maximum absolute atomic E-state index is 2.29. The molecule has 0 heterocycles. The fraction of sp³-hybridized carbons (Fsp3) is 0.571. The van der Waals surface area contributed by atoms with Crippen molar-refractivity contribution in [1.29, 1.82) is 0 Å². The van der Waals surface area contributed by atoms with Gasteiger partial charge in [0.2, 0.25) is 0 Å². The summed E-state index contributed by atoms with van der Waals surface area (Å²) in [5, 5.41) is 0. The van der Waals surface area contributed by atoms with Crippen molar-refractivity contribution < 1.29 is 9.96 Å². The Balaban J connectivity index is 0.00000225. The molecule has 0 aliphatic heterocycles. The van der Waals surface area contributed by atoms with Crippen LogP contribution in [0.4, 0.5) is 0 Å². The Morgan fingerprint density at radius 3 is 1.69 bits per heavy atom. The Morgan fingerprint density at radius 2 is 1.31 bits per heavy atom. The number of rotatable bonds is 5. The zero-order valence-electron chi connectivity index (χ0n) is 11.0. The minimum Gasteiger partial charge on any atom is -0.870 e. The molecule has 0 aliphatic carbocycles. The SMILES string of the molecule is CC[N+](CC)(CC)Cc1ccc(C)cc1.[OH-]. The zero-order chi connectivity index (χ0) is 11.3. The summed E-state index contributed by atoms with van der Waals surface area (Å²) in [6, 6.07) is 8.96. The Morgan fingerprint density at radius 1 is 0.875 bits per heavy atom. The molecular formula is C14H25NO. The van der Waals surface area contributed by atoms with E-state index >= 15 is 0 Å². The van der Waals surface area contributed by atoms with Gasteiger partial charge in [-0.1, -0.05) is 29.8 Å². The molecule has 0 radical (unpaired) electrons. The summed E-state index contributed by atoms with van der Waals surface area (Å²) in [5.41, 5.74) is 2.81. The fourth-order valence-corrected chi connectivity index (χ4v) is 2.09. The molecule has 1 aromatic carbocycles. The van der Waals surface area contributed by atoms with Crippen molar-refractivity contribution >= 4 is 0 Å². The Hall–Kier alpha value is -0.860. The first-order valence-corrected chi connectivity index (χ1v) is 6.06. The third-order valence-corrected chi connectivity index (χ3v) is 3.65. The summed E-state index contributed by atoms with van der Waals surface area (Å²) in [5.74, 6) is 0. The second kappa shape index (κ2) is 6.66. The standard InChI is InChI=1S/C14H24N.H2O/c1-5-15(6-2,7-3)12-14-10-8-13(4)9-11-14;/h8-11H,5-7,12H2,1-4H3;1H2/q+1;/p-1. The van der Waals surface area contributed by atoms with Crippen molar-refractivity contribution in [3.05, 3.63) is 35.4 Å². The van der Waals surface area contributed by atoms with E-state index in [4.69, 9.17) is 0 Å². The lowest BCUT2D eigenvalue weighted by Crippen LogP contribution is -2.46. The molecule has 0 saturated heterocycles. The Labute approximate surface area is 99.8 Å². The molecular weight excluding hydrogens is 198 g/mol. The number of benzene rings is 1. The predicted molar refractivity (Wildman–Crippen MR) is 68.7 cm³/mol. The smallest absolute Gasteiger partial charge is 0.104 e. The van der Waals surface area contributed by atoms with E-state index < -0.39 is 0 Å². The molecule has 2 nitrogen and oxygen atoms in total. The van der Waals surface area contributed by atoms with Crippen molar-refractivity contribution in [2.45, 2.75) is 34.2 Å². The minimum absolute atomic E-state index is 0. The molecule has 1 rings (SSSR count). The topological polar surface area (TPSA) is 30.0 Å².